The number of hydrogen-bond acceptors (Lipinski definition) is 1. The molecule has 0 aliphatic heterocycles. The lowest BCUT2D eigenvalue weighted by molar-refractivity contribution is 0.135. The van der Waals surface area contributed by atoms with E-state index >= 15 is 0 Å². The zero-order valence-corrected chi connectivity index (χ0v) is 11.3. The fraction of sp³-hybridized carbons (Fsp3) is 0.385. The SMILES string of the molecule is CCOCc1cn(CC)c2ccc(Br)cc12. The van der Waals surface area contributed by atoms with Crippen molar-refractivity contribution < 1.29 is 4.74 Å². The molecule has 0 N–H and O–H groups in total. The van der Waals surface area contributed by atoms with Gasteiger partial charge in [-0.2, -0.15) is 0 Å². The van der Waals surface area contributed by atoms with Crippen molar-refractivity contribution in [1.82, 2.24) is 4.57 Å². The fourth-order valence-electron chi connectivity index (χ4n) is 1.93. The van der Waals surface area contributed by atoms with Crippen molar-refractivity contribution in [3.8, 4) is 0 Å². The first-order valence-corrected chi connectivity index (χ1v) is 6.40. The third kappa shape index (κ3) is 2.15. The molecule has 0 aliphatic carbocycles. The second kappa shape index (κ2) is 5.02. The van der Waals surface area contributed by atoms with Crippen LogP contribution >= 0.6 is 15.9 Å². The first kappa shape index (κ1) is 11.7. The molecule has 2 rings (SSSR count). The molecule has 0 bridgehead atoms. The Balaban J connectivity index is 2.50. The topological polar surface area (TPSA) is 14.2 Å². The highest BCUT2D eigenvalue weighted by Gasteiger charge is 2.07. The quantitative estimate of drug-likeness (QED) is 0.828. The van der Waals surface area contributed by atoms with Gasteiger partial charge in [-0.25, -0.2) is 0 Å². The number of nitrogens with zero attached hydrogens (tertiary/aromatic N) is 1. The second-order valence-electron chi connectivity index (χ2n) is 3.74. The van der Waals surface area contributed by atoms with Crippen molar-refractivity contribution in [2.75, 3.05) is 6.61 Å². The van der Waals surface area contributed by atoms with Crippen LogP contribution in [-0.2, 0) is 17.9 Å². The normalized spacial score (nSPS) is 11.2. The molecule has 2 aromatic rings. The third-order valence-corrected chi connectivity index (χ3v) is 3.22. The zero-order chi connectivity index (χ0) is 11.5. The highest BCUT2D eigenvalue weighted by Crippen LogP contribution is 2.25. The van der Waals surface area contributed by atoms with Crippen LogP contribution < -0.4 is 0 Å². The highest BCUT2D eigenvalue weighted by molar-refractivity contribution is 9.10. The summed E-state index contributed by atoms with van der Waals surface area (Å²) in [4.78, 5) is 0. The summed E-state index contributed by atoms with van der Waals surface area (Å²) in [5.41, 5.74) is 2.54. The lowest BCUT2D eigenvalue weighted by atomic mass is 10.2. The number of aryl methyl sites for hydroxylation is 1. The van der Waals surface area contributed by atoms with Gasteiger partial charge in [-0.1, -0.05) is 15.9 Å². The Morgan fingerprint density at radius 1 is 1.31 bits per heavy atom. The molecular weight excluding hydrogens is 266 g/mol. The fourth-order valence-corrected chi connectivity index (χ4v) is 2.29. The van der Waals surface area contributed by atoms with E-state index in [1.807, 2.05) is 6.92 Å². The first-order chi connectivity index (χ1) is 7.76. The van der Waals surface area contributed by atoms with Crippen LogP contribution in [0.2, 0.25) is 0 Å². The maximum atomic E-state index is 5.50. The summed E-state index contributed by atoms with van der Waals surface area (Å²) < 4.78 is 8.87. The number of hydrogen-bond donors (Lipinski definition) is 0. The monoisotopic (exact) mass is 281 g/mol. The summed E-state index contributed by atoms with van der Waals surface area (Å²) in [5, 5.41) is 1.28. The second-order valence-corrected chi connectivity index (χ2v) is 4.65. The Labute approximate surface area is 104 Å². The molecule has 0 unspecified atom stereocenters. The summed E-state index contributed by atoms with van der Waals surface area (Å²) in [6.07, 6.45) is 2.19. The first-order valence-electron chi connectivity index (χ1n) is 5.61. The minimum absolute atomic E-state index is 0.691. The third-order valence-electron chi connectivity index (χ3n) is 2.73. The largest absolute Gasteiger partial charge is 0.377 e. The number of halogens is 1. The van der Waals surface area contributed by atoms with Crippen molar-refractivity contribution in [1.29, 1.82) is 0 Å². The van der Waals surface area contributed by atoms with Crippen molar-refractivity contribution in [3.63, 3.8) is 0 Å². The molecule has 0 atom stereocenters. The molecule has 86 valence electrons. The van der Waals surface area contributed by atoms with Crippen LogP contribution in [0.4, 0.5) is 0 Å². The molecule has 0 fully saturated rings. The van der Waals surface area contributed by atoms with Crippen molar-refractivity contribution in [3.05, 3.63) is 34.4 Å². The minimum Gasteiger partial charge on any atom is -0.377 e. The zero-order valence-electron chi connectivity index (χ0n) is 9.66. The van der Waals surface area contributed by atoms with E-state index in [4.69, 9.17) is 4.74 Å². The van der Waals surface area contributed by atoms with E-state index in [1.165, 1.54) is 16.5 Å². The highest BCUT2D eigenvalue weighted by atomic mass is 79.9. The molecule has 0 radical (unpaired) electrons. The van der Waals surface area contributed by atoms with E-state index in [0.717, 1.165) is 17.6 Å². The van der Waals surface area contributed by atoms with E-state index in [2.05, 4.69) is 51.8 Å². The molecule has 1 heterocycles. The molecule has 16 heavy (non-hydrogen) atoms. The average Bonchev–Trinajstić information content (AvgIpc) is 2.64. The van der Waals surface area contributed by atoms with Crippen LogP contribution in [0.1, 0.15) is 19.4 Å². The predicted octanol–water partition coefficient (Wildman–Crippen LogP) is 3.96. The summed E-state index contributed by atoms with van der Waals surface area (Å²) in [5.74, 6) is 0. The van der Waals surface area contributed by atoms with Crippen LogP contribution in [0, 0.1) is 0 Å². The Kier molecular flexibility index (Phi) is 3.66. The molecule has 0 spiro atoms. The van der Waals surface area contributed by atoms with E-state index in [1.54, 1.807) is 0 Å². The number of fused-ring (bicyclic) bond motifs is 1. The van der Waals surface area contributed by atoms with Gasteiger partial charge in [0.25, 0.3) is 0 Å². The lowest BCUT2D eigenvalue weighted by Gasteiger charge is -2.00. The van der Waals surface area contributed by atoms with E-state index in [-0.39, 0.29) is 0 Å². The summed E-state index contributed by atoms with van der Waals surface area (Å²) in [7, 11) is 0. The smallest absolute Gasteiger partial charge is 0.0737 e. The van der Waals surface area contributed by atoms with Gasteiger partial charge >= 0.3 is 0 Å². The Morgan fingerprint density at radius 2 is 2.12 bits per heavy atom. The van der Waals surface area contributed by atoms with E-state index in [0.29, 0.717) is 6.61 Å². The van der Waals surface area contributed by atoms with Gasteiger partial charge in [0.2, 0.25) is 0 Å². The molecule has 0 aliphatic rings. The number of aromatic nitrogens is 1. The van der Waals surface area contributed by atoms with Gasteiger partial charge in [-0.3, -0.25) is 0 Å². The molecule has 1 aromatic heterocycles. The summed E-state index contributed by atoms with van der Waals surface area (Å²) in [6.45, 7) is 6.62. The van der Waals surface area contributed by atoms with Gasteiger partial charge in [0.15, 0.2) is 0 Å². The predicted molar refractivity (Wildman–Crippen MR) is 70.6 cm³/mol. The summed E-state index contributed by atoms with van der Waals surface area (Å²) in [6, 6.07) is 6.40. The van der Waals surface area contributed by atoms with Gasteiger partial charge in [-0.15, -0.1) is 0 Å². The van der Waals surface area contributed by atoms with Crippen molar-refractivity contribution in [2.45, 2.75) is 27.0 Å². The summed E-state index contributed by atoms with van der Waals surface area (Å²) >= 11 is 3.52. The van der Waals surface area contributed by atoms with Crippen molar-refractivity contribution in [2.24, 2.45) is 0 Å². The van der Waals surface area contributed by atoms with Gasteiger partial charge in [0.1, 0.15) is 0 Å². The average molecular weight is 282 g/mol. The van der Waals surface area contributed by atoms with Crippen molar-refractivity contribution >= 4 is 26.8 Å². The number of ether oxygens (including phenoxy) is 1. The standard InChI is InChI=1S/C13H16BrNO/c1-3-15-8-10(9-16-4-2)12-7-11(14)5-6-13(12)15/h5-8H,3-4,9H2,1-2H3. The van der Waals surface area contributed by atoms with Gasteiger partial charge in [0.05, 0.1) is 6.61 Å². The lowest BCUT2D eigenvalue weighted by Crippen LogP contribution is -1.91. The van der Waals surface area contributed by atoms with Crippen LogP contribution in [0.15, 0.2) is 28.9 Å². The van der Waals surface area contributed by atoms with E-state index < -0.39 is 0 Å². The van der Waals surface area contributed by atoms with Crippen LogP contribution in [0.3, 0.4) is 0 Å². The Hall–Kier alpha value is -0.800. The molecule has 0 amide bonds. The Bertz CT molecular complexity index is 490. The van der Waals surface area contributed by atoms with Crippen LogP contribution in [0.25, 0.3) is 10.9 Å². The van der Waals surface area contributed by atoms with Gasteiger partial charge in [-0.05, 0) is 32.0 Å². The van der Waals surface area contributed by atoms with Crippen LogP contribution in [-0.4, -0.2) is 11.2 Å². The molecule has 3 heteroatoms. The maximum absolute atomic E-state index is 5.50. The van der Waals surface area contributed by atoms with Gasteiger partial charge < -0.3 is 9.30 Å². The van der Waals surface area contributed by atoms with Gasteiger partial charge in [0, 0.05) is 40.3 Å². The number of benzene rings is 1. The molecule has 0 saturated carbocycles. The molecule has 2 nitrogen and oxygen atoms in total. The molecule has 0 saturated heterocycles. The molecule has 1 aromatic carbocycles. The van der Waals surface area contributed by atoms with Crippen LogP contribution in [0.5, 0.6) is 0 Å². The molecular formula is C13H16BrNO. The Morgan fingerprint density at radius 3 is 2.81 bits per heavy atom. The van der Waals surface area contributed by atoms with E-state index in [9.17, 15) is 0 Å². The maximum Gasteiger partial charge on any atom is 0.0737 e. The number of rotatable bonds is 4. The minimum atomic E-state index is 0.691.